The minimum atomic E-state index is -3.88. The zero-order chi connectivity index (χ0) is 22.8. The van der Waals surface area contributed by atoms with E-state index >= 15 is 0 Å². The summed E-state index contributed by atoms with van der Waals surface area (Å²) >= 11 is 6.03. The molecule has 1 unspecified atom stereocenters. The van der Waals surface area contributed by atoms with Crippen molar-refractivity contribution in [3.05, 3.63) is 40.3 Å². The Morgan fingerprint density at radius 2 is 1.80 bits per heavy atom. The molecule has 0 saturated carbocycles. The summed E-state index contributed by atoms with van der Waals surface area (Å²) in [5.74, 6) is -0.577. The Balaban J connectivity index is 2.33. The topological polar surface area (TPSA) is 120 Å². The van der Waals surface area contributed by atoms with Gasteiger partial charge in [0, 0.05) is 11.9 Å². The molecule has 2 atom stereocenters. The Labute approximate surface area is 180 Å². The Bertz CT molecular complexity index is 1010. The second kappa shape index (κ2) is 9.32. The molecule has 0 aliphatic heterocycles. The van der Waals surface area contributed by atoms with E-state index in [9.17, 15) is 18.5 Å². The summed E-state index contributed by atoms with van der Waals surface area (Å²) < 4.78 is 38.3. The fourth-order valence-corrected chi connectivity index (χ4v) is 4.39. The third-order valence-electron chi connectivity index (χ3n) is 4.29. The van der Waals surface area contributed by atoms with Gasteiger partial charge >= 0.3 is 6.03 Å². The largest absolute Gasteiger partial charge is 0.391 e. The number of hydrogen-bond acceptors (Lipinski definition) is 5. The van der Waals surface area contributed by atoms with Crippen LogP contribution >= 0.6 is 11.6 Å². The van der Waals surface area contributed by atoms with Gasteiger partial charge in [0.15, 0.2) is 14.9 Å². The molecule has 1 aromatic carbocycles. The summed E-state index contributed by atoms with van der Waals surface area (Å²) in [5, 5.41) is 15.6. The summed E-state index contributed by atoms with van der Waals surface area (Å²) in [6.07, 6.45) is 0.597. The number of amides is 2. The lowest BCUT2D eigenvalue weighted by atomic mass is 9.92. The SMILES string of the molecule is CC(C)c1cc(F)cc(C(C)C)c1NC(=O)NS(=N)(=O)c1nn(C[C@H](C)O)cc1Cl. The molecule has 166 valence electrons. The van der Waals surface area contributed by atoms with Crippen molar-refractivity contribution in [2.24, 2.45) is 0 Å². The first kappa shape index (κ1) is 24.1. The van der Waals surface area contributed by atoms with Gasteiger partial charge in [-0.25, -0.2) is 22.9 Å². The van der Waals surface area contributed by atoms with E-state index in [0.29, 0.717) is 16.8 Å². The second-order valence-corrected chi connectivity index (χ2v) is 9.84. The normalized spacial score (nSPS) is 14.6. The van der Waals surface area contributed by atoms with Gasteiger partial charge in [-0.2, -0.15) is 5.10 Å². The third-order valence-corrected chi connectivity index (χ3v) is 6.00. The van der Waals surface area contributed by atoms with Gasteiger partial charge in [0.2, 0.25) is 0 Å². The fraction of sp³-hybridized carbons (Fsp3) is 0.474. The molecule has 0 radical (unpaired) electrons. The first-order valence-corrected chi connectivity index (χ1v) is 11.4. The van der Waals surface area contributed by atoms with E-state index in [1.807, 2.05) is 27.7 Å². The molecule has 0 aliphatic rings. The molecule has 1 aromatic heterocycles. The van der Waals surface area contributed by atoms with Gasteiger partial charge in [0.05, 0.1) is 17.7 Å². The van der Waals surface area contributed by atoms with Crippen molar-refractivity contribution in [3.8, 4) is 0 Å². The van der Waals surface area contributed by atoms with Gasteiger partial charge in [-0.3, -0.25) is 4.68 Å². The van der Waals surface area contributed by atoms with Gasteiger partial charge < -0.3 is 10.4 Å². The number of carbonyl (C=O) groups excluding carboxylic acids is 1. The van der Waals surface area contributed by atoms with Gasteiger partial charge in [-0.1, -0.05) is 39.3 Å². The van der Waals surface area contributed by atoms with Crippen LogP contribution in [0.4, 0.5) is 14.9 Å². The number of urea groups is 1. The van der Waals surface area contributed by atoms with Crippen molar-refractivity contribution < 1.29 is 18.5 Å². The Hall–Kier alpha value is -2.17. The maximum atomic E-state index is 14.0. The zero-order valence-corrected chi connectivity index (χ0v) is 19.1. The van der Waals surface area contributed by atoms with Gasteiger partial charge in [0.1, 0.15) is 5.82 Å². The van der Waals surface area contributed by atoms with Crippen LogP contribution in [0.5, 0.6) is 0 Å². The van der Waals surface area contributed by atoms with Crippen molar-refractivity contribution in [1.29, 1.82) is 4.78 Å². The van der Waals surface area contributed by atoms with Crippen molar-refractivity contribution in [2.45, 2.75) is 64.1 Å². The maximum Gasteiger partial charge on any atom is 0.332 e. The summed E-state index contributed by atoms with van der Waals surface area (Å²) in [6, 6.07) is 1.80. The quantitative estimate of drug-likeness (QED) is 0.489. The highest BCUT2D eigenvalue weighted by atomic mass is 35.5. The van der Waals surface area contributed by atoms with Gasteiger partial charge in [0.25, 0.3) is 0 Å². The number of aliphatic hydroxyl groups excluding tert-OH is 1. The summed E-state index contributed by atoms with van der Waals surface area (Å²) in [5.41, 5.74) is 1.59. The van der Waals surface area contributed by atoms with Crippen LogP contribution in [-0.4, -0.2) is 31.2 Å². The van der Waals surface area contributed by atoms with Crippen molar-refractivity contribution in [3.63, 3.8) is 0 Å². The lowest BCUT2D eigenvalue weighted by molar-refractivity contribution is 0.168. The second-order valence-electron chi connectivity index (χ2n) is 7.73. The number of benzene rings is 1. The maximum absolute atomic E-state index is 14.0. The highest BCUT2D eigenvalue weighted by Crippen LogP contribution is 2.33. The molecule has 0 bridgehead atoms. The van der Waals surface area contributed by atoms with E-state index in [4.69, 9.17) is 16.4 Å². The van der Waals surface area contributed by atoms with Crippen LogP contribution in [0, 0.1) is 10.6 Å². The van der Waals surface area contributed by atoms with E-state index < -0.39 is 27.9 Å². The molecular formula is C19H27ClFN5O3S. The van der Waals surface area contributed by atoms with E-state index in [2.05, 4.69) is 15.1 Å². The predicted molar refractivity (Wildman–Crippen MR) is 115 cm³/mol. The average Bonchev–Trinajstić information content (AvgIpc) is 2.95. The summed E-state index contributed by atoms with van der Waals surface area (Å²) in [4.78, 5) is 12.6. The van der Waals surface area contributed by atoms with E-state index in [1.165, 1.54) is 23.0 Å². The van der Waals surface area contributed by atoms with E-state index in [1.54, 1.807) is 6.92 Å². The van der Waals surface area contributed by atoms with E-state index in [-0.39, 0.29) is 28.4 Å². The molecule has 0 saturated heterocycles. The van der Waals surface area contributed by atoms with Crippen LogP contribution < -0.4 is 10.0 Å². The molecule has 11 heteroatoms. The van der Waals surface area contributed by atoms with Gasteiger partial charge in [-0.05, 0) is 42.0 Å². The van der Waals surface area contributed by atoms with Crippen molar-refractivity contribution >= 4 is 33.2 Å². The molecule has 8 nitrogen and oxygen atoms in total. The fourth-order valence-electron chi connectivity index (χ4n) is 2.96. The Kier molecular flexibility index (Phi) is 7.49. The molecule has 0 aliphatic carbocycles. The lowest BCUT2D eigenvalue weighted by Crippen LogP contribution is -2.34. The smallest absolute Gasteiger partial charge is 0.332 e. The van der Waals surface area contributed by atoms with Gasteiger partial charge in [-0.15, -0.1) is 0 Å². The molecule has 0 spiro atoms. The van der Waals surface area contributed by atoms with Crippen molar-refractivity contribution in [2.75, 3.05) is 5.32 Å². The minimum absolute atomic E-state index is 0.0662. The highest BCUT2D eigenvalue weighted by Gasteiger charge is 2.24. The first-order chi connectivity index (χ1) is 13.8. The number of halogens is 2. The number of rotatable bonds is 7. The molecule has 2 rings (SSSR count). The Morgan fingerprint density at radius 1 is 1.27 bits per heavy atom. The van der Waals surface area contributed by atoms with E-state index in [0.717, 1.165) is 0 Å². The lowest BCUT2D eigenvalue weighted by Gasteiger charge is -2.21. The molecule has 2 amide bonds. The van der Waals surface area contributed by atoms with Crippen LogP contribution in [0.25, 0.3) is 0 Å². The molecular weight excluding hydrogens is 433 g/mol. The Morgan fingerprint density at radius 3 is 2.27 bits per heavy atom. The zero-order valence-electron chi connectivity index (χ0n) is 17.5. The van der Waals surface area contributed by atoms with Crippen LogP contribution in [0.3, 0.4) is 0 Å². The van der Waals surface area contributed by atoms with Crippen molar-refractivity contribution in [1.82, 2.24) is 14.5 Å². The number of anilines is 1. The minimum Gasteiger partial charge on any atom is -0.391 e. The molecule has 2 aromatic rings. The first-order valence-electron chi connectivity index (χ1n) is 9.43. The molecule has 30 heavy (non-hydrogen) atoms. The number of nitrogens with zero attached hydrogens (tertiary/aromatic N) is 2. The number of nitrogens with one attached hydrogen (secondary N) is 3. The third kappa shape index (κ3) is 5.71. The summed E-state index contributed by atoms with van der Waals surface area (Å²) in [7, 11) is -3.88. The summed E-state index contributed by atoms with van der Waals surface area (Å²) in [6.45, 7) is 9.09. The van der Waals surface area contributed by atoms with Crippen LogP contribution in [0.15, 0.2) is 23.4 Å². The number of hydrogen-bond donors (Lipinski definition) is 4. The molecule has 4 N–H and O–H groups in total. The van der Waals surface area contributed by atoms with Crippen LogP contribution in [0.1, 0.15) is 57.6 Å². The molecule has 0 fully saturated rings. The highest BCUT2D eigenvalue weighted by molar-refractivity contribution is 7.91. The number of aromatic nitrogens is 2. The standard InChI is InChI=1S/C19H27ClFN5O3S/c1-10(2)14-6-13(21)7-15(11(3)4)17(14)23-19(28)25-30(22,29)18-16(20)9-26(24-18)8-12(5)27/h6-7,9-12,27H,8H2,1-5H3,(H3,22,23,25,28,29)/t12-,30?/m0/s1. The number of aliphatic hydroxyl groups is 1. The predicted octanol–water partition coefficient (Wildman–Crippen LogP) is 4.45. The molecule has 1 heterocycles. The monoisotopic (exact) mass is 459 g/mol. The van der Waals surface area contributed by atoms with Crippen LogP contribution in [-0.2, 0) is 16.5 Å². The number of carbonyl (C=O) groups is 1. The average molecular weight is 460 g/mol. The van der Waals surface area contributed by atoms with Crippen LogP contribution in [0.2, 0.25) is 5.02 Å².